The van der Waals surface area contributed by atoms with Crippen LogP contribution in [0.25, 0.3) is 0 Å². The fourth-order valence-corrected chi connectivity index (χ4v) is 3.63. The molecule has 22 heavy (non-hydrogen) atoms. The van der Waals surface area contributed by atoms with Crippen LogP contribution in [0.2, 0.25) is 0 Å². The molecule has 0 amide bonds. The Morgan fingerprint density at radius 1 is 1.32 bits per heavy atom. The Kier molecular flexibility index (Phi) is 6.07. The largest absolute Gasteiger partial charge is 0.472 e. The molecule has 8 nitrogen and oxygen atoms in total. The average Bonchev–Trinajstić information content (AvgIpc) is 2.89. The molecular weight excluding hydrogens is 314 g/mol. The predicted octanol–water partition coefficient (Wildman–Crippen LogP) is -0.309. The molecule has 3 unspecified atom stereocenters. The molecule has 126 valence electrons. The zero-order chi connectivity index (χ0) is 16.5. The highest BCUT2D eigenvalue weighted by Gasteiger charge is 2.45. The second kappa shape index (κ2) is 7.28. The summed E-state index contributed by atoms with van der Waals surface area (Å²) < 4.78 is 32.5. The monoisotopic (exact) mass is 336 g/mol. The second-order valence-corrected chi connectivity index (χ2v) is 7.07. The highest BCUT2D eigenvalue weighted by atomic mass is 31.2. The van der Waals surface area contributed by atoms with Gasteiger partial charge in [-0.2, -0.15) is 0 Å². The molecule has 2 aliphatic rings. The van der Waals surface area contributed by atoms with Gasteiger partial charge in [0.25, 0.3) is 0 Å². The van der Waals surface area contributed by atoms with Gasteiger partial charge in [0.2, 0.25) is 0 Å². The molecule has 8 atom stereocenters. The maximum absolute atomic E-state index is 12.0. The lowest BCUT2D eigenvalue weighted by Gasteiger charge is -2.23. The molecule has 2 radical (unpaired) electrons. The minimum absolute atomic E-state index is 0.143. The third-order valence-electron chi connectivity index (χ3n) is 3.84. The SMILES string of the molecule is [B][C@@H]1O[C@H](CC)C(OP(=O)(O)OC[C@H]2O[C@@H](C)CC2O)[C@@H]1O. The van der Waals surface area contributed by atoms with Gasteiger partial charge in [-0.25, -0.2) is 4.57 Å². The first-order chi connectivity index (χ1) is 10.2. The van der Waals surface area contributed by atoms with E-state index in [4.69, 9.17) is 26.4 Å². The zero-order valence-electron chi connectivity index (χ0n) is 12.6. The highest BCUT2D eigenvalue weighted by Crippen LogP contribution is 2.48. The lowest BCUT2D eigenvalue weighted by atomic mass is 9.93. The molecule has 0 aliphatic carbocycles. The smallest absolute Gasteiger partial charge is 0.390 e. The van der Waals surface area contributed by atoms with E-state index in [0.29, 0.717) is 12.8 Å². The lowest BCUT2D eigenvalue weighted by molar-refractivity contribution is -0.0310. The van der Waals surface area contributed by atoms with Crippen molar-refractivity contribution in [2.75, 3.05) is 6.61 Å². The van der Waals surface area contributed by atoms with Crippen molar-refractivity contribution < 1.29 is 38.2 Å². The van der Waals surface area contributed by atoms with E-state index in [1.807, 2.05) is 0 Å². The zero-order valence-corrected chi connectivity index (χ0v) is 13.5. The van der Waals surface area contributed by atoms with Crippen molar-refractivity contribution in [1.82, 2.24) is 0 Å². The molecule has 3 N–H and O–H groups in total. The summed E-state index contributed by atoms with van der Waals surface area (Å²) in [6.07, 6.45) is -3.56. The molecule has 2 aliphatic heterocycles. The number of phosphoric ester groups is 1. The van der Waals surface area contributed by atoms with E-state index in [1.54, 1.807) is 13.8 Å². The molecular formula is C12H22BO8P. The molecule has 10 heteroatoms. The van der Waals surface area contributed by atoms with Crippen LogP contribution in [0, 0.1) is 0 Å². The summed E-state index contributed by atoms with van der Waals surface area (Å²) in [5.41, 5.74) is 0. The van der Waals surface area contributed by atoms with Crippen LogP contribution in [-0.4, -0.2) is 72.2 Å². The maximum Gasteiger partial charge on any atom is 0.472 e. The number of hydrogen-bond acceptors (Lipinski definition) is 7. The number of ether oxygens (including phenoxy) is 2. The van der Waals surface area contributed by atoms with Crippen LogP contribution in [0.1, 0.15) is 26.7 Å². The number of rotatable bonds is 6. The van der Waals surface area contributed by atoms with Crippen molar-refractivity contribution in [2.45, 2.75) is 69.3 Å². The molecule has 2 saturated heterocycles. The van der Waals surface area contributed by atoms with Crippen LogP contribution >= 0.6 is 7.82 Å². The first-order valence-electron chi connectivity index (χ1n) is 7.32. The molecule has 2 fully saturated rings. The fraction of sp³-hybridized carbons (Fsp3) is 1.00. The van der Waals surface area contributed by atoms with Crippen molar-refractivity contribution in [1.29, 1.82) is 0 Å². The average molecular weight is 336 g/mol. The summed E-state index contributed by atoms with van der Waals surface area (Å²) in [4.78, 5) is 9.77. The first-order valence-corrected chi connectivity index (χ1v) is 8.81. The van der Waals surface area contributed by atoms with Crippen molar-refractivity contribution in [3.8, 4) is 0 Å². The van der Waals surface area contributed by atoms with Crippen LogP contribution in [0.5, 0.6) is 0 Å². The van der Waals surface area contributed by atoms with Crippen molar-refractivity contribution in [2.24, 2.45) is 0 Å². The minimum atomic E-state index is -4.44. The Bertz CT molecular complexity index is 424. The van der Waals surface area contributed by atoms with Gasteiger partial charge in [-0.3, -0.25) is 9.05 Å². The van der Waals surface area contributed by atoms with Gasteiger partial charge >= 0.3 is 7.82 Å². The van der Waals surface area contributed by atoms with Crippen LogP contribution < -0.4 is 0 Å². The van der Waals surface area contributed by atoms with Gasteiger partial charge in [0, 0.05) is 12.4 Å². The number of aliphatic hydroxyl groups excluding tert-OH is 2. The van der Waals surface area contributed by atoms with E-state index in [-0.39, 0.29) is 12.7 Å². The summed E-state index contributed by atoms with van der Waals surface area (Å²) in [5, 5.41) is 19.6. The summed E-state index contributed by atoms with van der Waals surface area (Å²) in [5.74, 6) is 0. The molecule has 0 aromatic rings. The maximum atomic E-state index is 12.0. The fourth-order valence-electron chi connectivity index (χ4n) is 2.66. The van der Waals surface area contributed by atoms with Crippen LogP contribution in [0.4, 0.5) is 0 Å². The quantitative estimate of drug-likeness (QED) is 0.447. The lowest BCUT2D eigenvalue weighted by Crippen LogP contribution is -2.35. The molecule has 2 rings (SSSR count). The van der Waals surface area contributed by atoms with Gasteiger partial charge in [-0.05, 0) is 13.3 Å². The number of phosphoric acid groups is 1. The molecule has 0 aromatic carbocycles. The first kappa shape index (κ1) is 18.4. The van der Waals surface area contributed by atoms with Gasteiger partial charge < -0.3 is 24.6 Å². The van der Waals surface area contributed by atoms with E-state index in [0.717, 1.165) is 0 Å². The van der Waals surface area contributed by atoms with Crippen molar-refractivity contribution in [3.63, 3.8) is 0 Å². The Labute approximate surface area is 130 Å². The third kappa shape index (κ3) is 4.30. The van der Waals surface area contributed by atoms with Gasteiger partial charge in [-0.1, -0.05) is 6.92 Å². The predicted molar refractivity (Wildman–Crippen MR) is 76.3 cm³/mol. The van der Waals surface area contributed by atoms with Gasteiger partial charge in [0.05, 0.1) is 24.9 Å². The Morgan fingerprint density at radius 3 is 2.55 bits per heavy atom. The topological polar surface area (TPSA) is 115 Å². The number of aliphatic hydroxyl groups is 2. The summed E-state index contributed by atoms with van der Waals surface area (Å²) in [6, 6.07) is -0.976. The molecule has 0 spiro atoms. The standard InChI is InChI=1S/C12H22BO8P/c1-3-8-11(10(15)12(13)20-8)21-22(16,17)18-5-9-7(14)4-6(2)19-9/h6-12,14-15H,3-5H2,1-2H3,(H,16,17)/t6-,7?,8+,9+,10-,11?,12+/m0/s1. The van der Waals surface area contributed by atoms with E-state index >= 15 is 0 Å². The highest BCUT2D eigenvalue weighted by molar-refractivity contribution is 7.47. The normalized spacial score (nSPS) is 45.0. The Hall–Kier alpha value is 0.0149. The van der Waals surface area contributed by atoms with Crippen LogP contribution in [0.3, 0.4) is 0 Å². The van der Waals surface area contributed by atoms with Gasteiger partial charge in [-0.15, -0.1) is 0 Å². The number of hydrogen-bond donors (Lipinski definition) is 3. The van der Waals surface area contributed by atoms with Crippen molar-refractivity contribution >= 4 is 15.7 Å². The molecule has 2 heterocycles. The summed E-state index contributed by atoms with van der Waals surface area (Å²) in [7, 11) is 1.10. The minimum Gasteiger partial charge on any atom is -0.390 e. The van der Waals surface area contributed by atoms with E-state index in [2.05, 4.69) is 0 Å². The molecule has 0 bridgehead atoms. The van der Waals surface area contributed by atoms with Crippen LogP contribution in [-0.2, 0) is 23.1 Å². The third-order valence-corrected chi connectivity index (χ3v) is 4.83. The van der Waals surface area contributed by atoms with Gasteiger partial charge in [0.1, 0.15) is 26.2 Å². The summed E-state index contributed by atoms with van der Waals surface area (Å²) in [6.45, 7) is 3.28. The summed E-state index contributed by atoms with van der Waals surface area (Å²) >= 11 is 0. The van der Waals surface area contributed by atoms with Crippen molar-refractivity contribution in [3.05, 3.63) is 0 Å². The second-order valence-electron chi connectivity index (χ2n) is 5.66. The van der Waals surface area contributed by atoms with Gasteiger partial charge in [0.15, 0.2) is 0 Å². The molecule has 0 aromatic heterocycles. The van der Waals surface area contributed by atoms with E-state index in [9.17, 15) is 19.7 Å². The molecule has 0 saturated carbocycles. The van der Waals surface area contributed by atoms with Crippen LogP contribution in [0.15, 0.2) is 0 Å². The van der Waals surface area contributed by atoms with E-state index < -0.39 is 44.3 Å². The van der Waals surface area contributed by atoms with E-state index in [1.165, 1.54) is 0 Å². The Balaban J connectivity index is 1.89. The Morgan fingerprint density at radius 2 is 2.00 bits per heavy atom.